The maximum absolute atomic E-state index is 14.1. The lowest BCUT2D eigenvalue weighted by Gasteiger charge is -2.21. The highest BCUT2D eigenvalue weighted by Crippen LogP contribution is 2.24. The van der Waals surface area contributed by atoms with Crippen molar-refractivity contribution < 1.29 is 14.0 Å². The second kappa shape index (κ2) is 9.39. The Morgan fingerprint density at radius 2 is 1.70 bits per heavy atom. The molecular formula is C24H26FN3O2. The van der Waals surface area contributed by atoms with Crippen LogP contribution in [0.25, 0.3) is 17.0 Å². The third-order valence-electron chi connectivity index (χ3n) is 5.11. The van der Waals surface area contributed by atoms with Gasteiger partial charge in [-0.25, -0.2) is 4.39 Å². The second-order valence-corrected chi connectivity index (χ2v) is 6.86. The zero-order chi connectivity index (χ0) is 21.7. The van der Waals surface area contributed by atoms with Gasteiger partial charge in [-0.1, -0.05) is 30.3 Å². The fraction of sp³-hybridized carbons (Fsp3) is 0.250. The largest absolute Gasteiger partial charge is 0.347 e. The van der Waals surface area contributed by atoms with Crippen molar-refractivity contribution in [3.63, 3.8) is 0 Å². The van der Waals surface area contributed by atoms with Crippen molar-refractivity contribution in [2.24, 2.45) is 0 Å². The Labute approximate surface area is 175 Å². The monoisotopic (exact) mass is 407 g/mol. The molecule has 6 heteroatoms. The topological polar surface area (TPSA) is 54.3 Å². The average Bonchev–Trinajstić information content (AvgIpc) is 3.12. The van der Waals surface area contributed by atoms with Crippen molar-refractivity contribution in [2.75, 3.05) is 13.1 Å². The molecule has 0 atom stereocenters. The lowest BCUT2D eigenvalue weighted by molar-refractivity contribution is -0.127. The van der Waals surface area contributed by atoms with E-state index < -0.39 is 11.7 Å². The molecule has 156 valence electrons. The molecule has 0 aliphatic carbocycles. The van der Waals surface area contributed by atoms with E-state index in [1.807, 2.05) is 51.2 Å². The van der Waals surface area contributed by atoms with Crippen LogP contribution in [0.3, 0.4) is 0 Å². The standard InChI is InChI=1S/C24H26FN3O2/c1-4-27(5-2)24(30)21(26-23(29)19-12-7-9-13-20(19)25)15-17-16-28(6-3)22-14-10-8-11-18(17)22/h7-16H,4-6H2,1-3H3,(H,26,29)/b21-15-. The number of rotatable bonds is 7. The molecule has 30 heavy (non-hydrogen) atoms. The van der Waals surface area contributed by atoms with Gasteiger partial charge in [0.1, 0.15) is 11.5 Å². The third-order valence-corrected chi connectivity index (χ3v) is 5.11. The van der Waals surface area contributed by atoms with Gasteiger partial charge >= 0.3 is 0 Å². The van der Waals surface area contributed by atoms with Crippen LogP contribution in [0.1, 0.15) is 36.7 Å². The number of likely N-dealkylation sites (N-methyl/N-ethyl adjacent to an activating group) is 1. The molecule has 2 amide bonds. The van der Waals surface area contributed by atoms with E-state index in [9.17, 15) is 14.0 Å². The summed E-state index contributed by atoms with van der Waals surface area (Å²) >= 11 is 0. The van der Waals surface area contributed by atoms with Gasteiger partial charge in [-0.05, 0) is 45.0 Å². The van der Waals surface area contributed by atoms with Gasteiger partial charge in [-0.3, -0.25) is 9.59 Å². The number of carbonyl (C=O) groups is 2. The Bertz CT molecular complexity index is 1100. The van der Waals surface area contributed by atoms with E-state index in [0.717, 1.165) is 23.0 Å². The molecule has 3 rings (SSSR count). The van der Waals surface area contributed by atoms with E-state index in [-0.39, 0.29) is 17.2 Å². The fourth-order valence-electron chi connectivity index (χ4n) is 3.47. The number of fused-ring (bicyclic) bond motifs is 1. The molecule has 0 aliphatic rings. The minimum atomic E-state index is -0.654. The first-order chi connectivity index (χ1) is 14.5. The van der Waals surface area contributed by atoms with Gasteiger partial charge in [0.25, 0.3) is 11.8 Å². The summed E-state index contributed by atoms with van der Waals surface area (Å²) < 4.78 is 16.2. The van der Waals surface area contributed by atoms with Crippen molar-refractivity contribution in [2.45, 2.75) is 27.3 Å². The van der Waals surface area contributed by atoms with Crippen LogP contribution in [-0.2, 0) is 11.3 Å². The predicted molar refractivity (Wildman–Crippen MR) is 117 cm³/mol. The van der Waals surface area contributed by atoms with Crippen LogP contribution in [0.15, 0.2) is 60.4 Å². The van der Waals surface area contributed by atoms with Crippen molar-refractivity contribution in [3.05, 3.63) is 77.4 Å². The first-order valence-electron chi connectivity index (χ1n) is 10.1. The first-order valence-corrected chi connectivity index (χ1v) is 10.1. The van der Waals surface area contributed by atoms with E-state index in [2.05, 4.69) is 9.88 Å². The molecule has 5 nitrogen and oxygen atoms in total. The Balaban J connectivity index is 2.07. The lowest BCUT2D eigenvalue weighted by atomic mass is 10.1. The zero-order valence-electron chi connectivity index (χ0n) is 17.5. The number of halogens is 1. The molecule has 3 aromatic rings. The smallest absolute Gasteiger partial charge is 0.270 e. The summed E-state index contributed by atoms with van der Waals surface area (Å²) in [6.45, 7) is 7.57. The van der Waals surface area contributed by atoms with Crippen LogP contribution in [0.2, 0.25) is 0 Å². The summed E-state index contributed by atoms with van der Waals surface area (Å²) in [4.78, 5) is 27.5. The maximum atomic E-state index is 14.1. The van der Waals surface area contributed by atoms with Crippen LogP contribution in [0.5, 0.6) is 0 Å². The molecule has 0 aliphatic heterocycles. The number of carbonyl (C=O) groups excluding carboxylic acids is 2. The lowest BCUT2D eigenvalue weighted by Crippen LogP contribution is -2.38. The molecule has 1 aromatic heterocycles. The minimum absolute atomic E-state index is 0.105. The summed E-state index contributed by atoms with van der Waals surface area (Å²) in [5.41, 5.74) is 1.87. The summed E-state index contributed by atoms with van der Waals surface area (Å²) in [7, 11) is 0. The zero-order valence-corrected chi connectivity index (χ0v) is 17.5. The SMILES string of the molecule is CCN(CC)C(=O)/C(=C/c1cn(CC)c2ccccc12)NC(=O)c1ccccc1F. The van der Waals surface area contributed by atoms with Gasteiger partial charge in [-0.15, -0.1) is 0 Å². The molecule has 0 bridgehead atoms. The van der Waals surface area contributed by atoms with E-state index in [1.54, 1.807) is 17.0 Å². The van der Waals surface area contributed by atoms with Gasteiger partial charge in [-0.2, -0.15) is 0 Å². The molecule has 0 radical (unpaired) electrons. The normalized spacial score (nSPS) is 11.5. The number of nitrogens with zero attached hydrogens (tertiary/aromatic N) is 2. The van der Waals surface area contributed by atoms with Crippen molar-refractivity contribution >= 4 is 28.8 Å². The van der Waals surface area contributed by atoms with Gasteiger partial charge in [0.2, 0.25) is 0 Å². The van der Waals surface area contributed by atoms with Crippen LogP contribution in [0.4, 0.5) is 4.39 Å². The van der Waals surface area contributed by atoms with Gasteiger partial charge in [0.05, 0.1) is 5.56 Å². The van der Waals surface area contributed by atoms with E-state index in [4.69, 9.17) is 0 Å². The van der Waals surface area contributed by atoms with Crippen molar-refractivity contribution in [1.82, 2.24) is 14.8 Å². The van der Waals surface area contributed by atoms with Crippen LogP contribution < -0.4 is 5.32 Å². The highest BCUT2D eigenvalue weighted by molar-refractivity contribution is 6.06. The quantitative estimate of drug-likeness (QED) is 0.589. The highest BCUT2D eigenvalue weighted by atomic mass is 19.1. The van der Waals surface area contributed by atoms with E-state index >= 15 is 0 Å². The van der Waals surface area contributed by atoms with Gasteiger partial charge in [0.15, 0.2) is 0 Å². The molecular weight excluding hydrogens is 381 g/mol. The summed E-state index contributed by atoms with van der Waals surface area (Å²) in [6, 6.07) is 13.6. The molecule has 0 saturated heterocycles. The molecule has 0 fully saturated rings. The fourth-order valence-corrected chi connectivity index (χ4v) is 3.47. The van der Waals surface area contributed by atoms with Crippen molar-refractivity contribution in [3.8, 4) is 0 Å². The Morgan fingerprint density at radius 1 is 1.03 bits per heavy atom. The number of amides is 2. The Kier molecular flexibility index (Phi) is 6.67. The maximum Gasteiger partial charge on any atom is 0.270 e. The van der Waals surface area contributed by atoms with Crippen molar-refractivity contribution in [1.29, 1.82) is 0 Å². The van der Waals surface area contributed by atoms with Gasteiger partial charge < -0.3 is 14.8 Å². The first kappa shape index (κ1) is 21.3. The molecule has 0 saturated carbocycles. The third kappa shape index (κ3) is 4.27. The number of para-hydroxylation sites is 1. The number of aromatic nitrogens is 1. The number of hydrogen-bond acceptors (Lipinski definition) is 2. The average molecular weight is 407 g/mol. The second-order valence-electron chi connectivity index (χ2n) is 6.86. The summed E-state index contributed by atoms with van der Waals surface area (Å²) in [5.74, 6) is -1.59. The summed E-state index contributed by atoms with van der Waals surface area (Å²) in [6.07, 6.45) is 3.63. The number of aryl methyl sites for hydroxylation is 1. The van der Waals surface area contributed by atoms with E-state index in [1.165, 1.54) is 18.2 Å². The van der Waals surface area contributed by atoms with E-state index in [0.29, 0.717) is 13.1 Å². The van der Waals surface area contributed by atoms with Gasteiger partial charge in [0, 0.05) is 42.3 Å². The molecule has 1 N–H and O–H groups in total. The van der Waals surface area contributed by atoms with Crippen LogP contribution in [0, 0.1) is 5.82 Å². The van der Waals surface area contributed by atoms with Crippen LogP contribution in [-0.4, -0.2) is 34.4 Å². The molecule has 1 heterocycles. The molecule has 0 unspecified atom stereocenters. The molecule has 2 aromatic carbocycles. The number of benzene rings is 2. The number of nitrogens with one attached hydrogen (secondary N) is 1. The molecule has 0 spiro atoms. The predicted octanol–water partition coefficient (Wildman–Crippen LogP) is 4.44. The minimum Gasteiger partial charge on any atom is -0.347 e. The Hall–Kier alpha value is -3.41. The Morgan fingerprint density at radius 3 is 2.37 bits per heavy atom. The highest BCUT2D eigenvalue weighted by Gasteiger charge is 2.21. The van der Waals surface area contributed by atoms with Crippen LogP contribution >= 0.6 is 0 Å². The summed E-state index contributed by atoms with van der Waals surface area (Å²) in [5, 5.41) is 3.62. The number of hydrogen-bond donors (Lipinski definition) is 1.